The Hall–Kier alpha value is -2.63. The highest BCUT2D eigenvalue weighted by atomic mass is 35.5. The SMILES string of the molecule is Clc1ccc(-c2cc(CCN3CCN(C(c4ccccc4)c4ccc(Cl)cc4)CC3)on2)cc1. The maximum absolute atomic E-state index is 6.16. The molecule has 0 N–H and O–H groups in total. The summed E-state index contributed by atoms with van der Waals surface area (Å²) in [4.78, 5) is 5.08. The minimum absolute atomic E-state index is 0.233. The zero-order chi connectivity index (χ0) is 23.3. The van der Waals surface area contributed by atoms with Gasteiger partial charge >= 0.3 is 0 Å². The molecular formula is C28H27Cl2N3O. The first kappa shape index (κ1) is 23.1. The predicted molar refractivity (Wildman–Crippen MR) is 138 cm³/mol. The second-order valence-electron chi connectivity index (χ2n) is 8.68. The fourth-order valence-electron chi connectivity index (χ4n) is 4.60. The van der Waals surface area contributed by atoms with Crippen LogP contribution in [0, 0.1) is 0 Å². The number of hydrogen-bond acceptors (Lipinski definition) is 4. The molecule has 0 amide bonds. The molecule has 0 spiro atoms. The van der Waals surface area contributed by atoms with Crippen LogP contribution in [0.2, 0.25) is 10.0 Å². The normalized spacial score (nSPS) is 15.9. The average Bonchev–Trinajstić information content (AvgIpc) is 3.35. The molecule has 34 heavy (non-hydrogen) atoms. The number of nitrogens with zero attached hydrogens (tertiary/aromatic N) is 3. The molecule has 1 aromatic heterocycles. The molecular weight excluding hydrogens is 465 g/mol. The van der Waals surface area contributed by atoms with Crippen molar-refractivity contribution in [2.75, 3.05) is 32.7 Å². The Bertz CT molecular complexity index is 1180. The van der Waals surface area contributed by atoms with E-state index in [1.807, 2.05) is 42.5 Å². The van der Waals surface area contributed by atoms with Crippen molar-refractivity contribution in [2.24, 2.45) is 0 Å². The first-order valence-electron chi connectivity index (χ1n) is 11.6. The van der Waals surface area contributed by atoms with Crippen molar-refractivity contribution in [3.63, 3.8) is 0 Å². The van der Waals surface area contributed by atoms with Crippen LogP contribution >= 0.6 is 23.2 Å². The van der Waals surface area contributed by atoms with Gasteiger partial charge in [0.05, 0.1) is 6.04 Å². The highest BCUT2D eigenvalue weighted by Crippen LogP contribution is 2.30. The summed E-state index contributed by atoms with van der Waals surface area (Å²) < 4.78 is 5.59. The largest absolute Gasteiger partial charge is 0.361 e. The van der Waals surface area contributed by atoms with Crippen LogP contribution in [0.5, 0.6) is 0 Å². The lowest BCUT2D eigenvalue weighted by molar-refractivity contribution is 0.109. The summed E-state index contributed by atoms with van der Waals surface area (Å²) >= 11 is 12.1. The summed E-state index contributed by atoms with van der Waals surface area (Å²) in [7, 11) is 0. The van der Waals surface area contributed by atoms with Gasteiger partial charge in [-0.3, -0.25) is 4.90 Å². The number of aromatic nitrogens is 1. The van der Waals surface area contributed by atoms with Crippen LogP contribution in [0.25, 0.3) is 11.3 Å². The van der Waals surface area contributed by atoms with Crippen LogP contribution in [-0.2, 0) is 6.42 Å². The zero-order valence-corrected chi connectivity index (χ0v) is 20.4. The van der Waals surface area contributed by atoms with Gasteiger partial charge in [-0.05, 0) is 35.4 Å². The van der Waals surface area contributed by atoms with Gasteiger partial charge in [0.15, 0.2) is 0 Å². The molecule has 1 fully saturated rings. The van der Waals surface area contributed by atoms with Gasteiger partial charge in [-0.25, -0.2) is 0 Å². The van der Waals surface area contributed by atoms with E-state index in [0.717, 1.165) is 66.2 Å². The summed E-state index contributed by atoms with van der Waals surface area (Å²) in [6.45, 7) is 5.02. The number of halogens is 2. The maximum Gasteiger partial charge on any atom is 0.138 e. The highest BCUT2D eigenvalue weighted by molar-refractivity contribution is 6.30. The van der Waals surface area contributed by atoms with E-state index in [1.54, 1.807) is 0 Å². The van der Waals surface area contributed by atoms with Gasteiger partial charge in [0.2, 0.25) is 0 Å². The van der Waals surface area contributed by atoms with Crippen LogP contribution in [0.15, 0.2) is 89.5 Å². The van der Waals surface area contributed by atoms with Crippen LogP contribution in [0.4, 0.5) is 0 Å². The molecule has 0 radical (unpaired) electrons. The Morgan fingerprint density at radius 3 is 2.06 bits per heavy atom. The van der Waals surface area contributed by atoms with Crippen LogP contribution in [0.1, 0.15) is 22.9 Å². The molecule has 4 aromatic rings. The molecule has 1 atom stereocenters. The number of hydrogen-bond donors (Lipinski definition) is 0. The van der Waals surface area contributed by atoms with Gasteiger partial charge in [0, 0.05) is 60.8 Å². The quantitative estimate of drug-likeness (QED) is 0.291. The zero-order valence-electron chi connectivity index (χ0n) is 18.9. The average molecular weight is 492 g/mol. The first-order chi connectivity index (χ1) is 16.7. The molecule has 0 saturated carbocycles. The van der Waals surface area contributed by atoms with E-state index in [-0.39, 0.29) is 6.04 Å². The van der Waals surface area contributed by atoms with Crippen molar-refractivity contribution in [1.82, 2.24) is 15.0 Å². The Morgan fingerprint density at radius 1 is 0.765 bits per heavy atom. The smallest absolute Gasteiger partial charge is 0.138 e. The fourth-order valence-corrected chi connectivity index (χ4v) is 4.85. The molecule has 3 aromatic carbocycles. The Balaban J connectivity index is 1.20. The van der Waals surface area contributed by atoms with E-state index in [0.29, 0.717) is 0 Å². The molecule has 0 bridgehead atoms. The van der Waals surface area contributed by atoms with Gasteiger partial charge in [-0.2, -0.15) is 0 Å². The summed E-state index contributed by atoms with van der Waals surface area (Å²) in [5.41, 5.74) is 4.46. The lowest BCUT2D eigenvalue weighted by Gasteiger charge is -2.39. The van der Waals surface area contributed by atoms with Crippen LogP contribution in [-0.4, -0.2) is 47.7 Å². The number of piperazine rings is 1. The molecule has 1 aliphatic rings. The van der Waals surface area contributed by atoms with Gasteiger partial charge in [-0.1, -0.05) is 83.0 Å². The Kier molecular flexibility index (Phi) is 7.31. The van der Waals surface area contributed by atoms with Gasteiger partial charge in [0.25, 0.3) is 0 Å². The topological polar surface area (TPSA) is 32.5 Å². The van der Waals surface area contributed by atoms with E-state index in [9.17, 15) is 0 Å². The van der Waals surface area contributed by atoms with E-state index < -0.39 is 0 Å². The van der Waals surface area contributed by atoms with Gasteiger partial charge < -0.3 is 9.42 Å². The summed E-state index contributed by atoms with van der Waals surface area (Å²) in [6.07, 6.45) is 0.847. The van der Waals surface area contributed by atoms with E-state index >= 15 is 0 Å². The number of benzene rings is 3. The van der Waals surface area contributed by atoms with Crippen molar-refractivity contribution >= 4 is 23.2 Å². The van der Waals surface area contributed by atoms with E-state index in [2.05, 4.69) is 57.4 Å². The summed E-state index contributed by atoms with van der Waals surface area (Å²) in [6, 6.07) is 28.9. The summed E-state index contributed by atoms with van der Waals surface area (Å²) in [5.74, 6) is 0.913. The Morgan fingerprint density at radius 2 is 1.38 bits per heavy atom. The van der Waals surface area contributed by atoms with Crippen LogP contribution in [0.3, 0.4) is 0 Å². The second-order valence-corrected chi connectivity index (χ2v) is 9.55. The summed E-state index contributed by atoms with van der Waals surface area (Å²) in [5, 5.41) is 5.72. The monoisotopic (exact) mass is 491 g/mol. The molecule has 174 valence electrons. The lowest BCUT2D eigenvalue weighted by atomic mass is 9.96. The maximum atomic E-state index is 6.16. The minimum atomic E-state index is 0.233. The Labute approximate surface area is 210 Å². The molecule has 6 heteroatoms. The highest BCUT2D eigenvalue weighted by Gasteiger charge is 2.26. The molecule has 2 heterocycles. The molecule has 1 aliphatic heterocycles. The van der Waals surface area contributed by atoms with Crippen molar-refractivity contribution in [3.8, 4) is 11.3 Å². The molecule has 4 nitrogen and oxygen atoms in total. The third-order valence-electron chi connectivity index (χ3n) is 6.45. The molecule has 5 rings (SSSR count). The van der Waals surface area contributed by atoms with Crippen molar-refractivity contribution in [3.05, 3.63) is 112 Å². The van der Waals surface area contributed by atoms with Crippen molar-refractivity contribution in [2.45, 2.75) is 12.5 Å². The molecule has 1 unspecified atom stereocenters. The van der Waals surface area contributed by atoms with E-state index in [4.69, 9.17) is 27.7 Å². The fraction of sp³-hybridized carbons (Fsp3) is 0.250. The van der Waals surface area contributed by atoms with E-state index in [1.165, 1.54) is 11.1 Å². The lowest BCUT2D eigenvalue weighted by Crippen LogP contribution is -2.48. The predicted octanol–water partition coefficient (Wildman–Crippen LogP) is 6.60. The second kappa shape index (κ2) is 10.7. The van der Waals surface area contributed by atoms with Gasteiger partial charge in [-0.15, -0.1) is 0 Å². The van der Waals surface area contributed by atoms with Gasteiger partial charge in [0.1, 0.15) is 11.5 Å². The third-order valence-corrected chi connectivity index (χ3v) is 6.95. The molecule has 0 aliphatic carbocycles. The third kappa shape index (κ3) is 5.53. The van der Waals surface area contributed by atoms with Crippen molar-refractivity contribution in [1.29, 1.82) is 0 Å². The van der Waals surface area contributed by atoms with Crippen LogP contribution < -0.4 is 0 Å². The standard InChI is InChI=1S/C28H27Cl2N3O/c29-24-10-6-21(7-11-24)27-20-26(34-31-27)14-15-32-16-18-33(19-17-32)28(22-4-2-1-3-5-22)23-8-12-25(30)13-9-23/h1-13,20,28H,14-19H2. The van der Waals surface area contributed by atoms with Crippen molar-refractivity contribution < 1.29 is 4.52 Å². The minimum Gasteiger partial charge on any atom is -0.361 e. The molecule has 1 saturated heterocycles. The first-order valence-corrected chi connectivity index (χ1v) is 12.4. The number of rotatable bonds is 7.